The average molecular weight is 331 g/mol. The zero-order valence-corrected chi connectivity index (χ0v) is 12.3. The molecule has 1 amide bonds. The van der Waals surface area contributed by atoms with Gasteiger partial charge < -0.3 is 15.2 Å². The Balaban J connectivity index is 2.61. The molecule has 0 aromatic heterocycles. The standard InChI is InChI=1S/C15H16F3NO4/c1-2-3-4-12(14(21)22)19-13(20)9-10-5-7-11(8-6-10)23-15(16,17)18/h2-3,5-8,12H,4,9H2,1H3,(H,19,20)(H,21,22)/b3-2+. The lowest BCUT2D eigenvalue weighted by Gasteiger charge is -2.13. The van der Waals surface area contributed by atoms with Gasteiger partial charge in [0, 0.05) is 0 Å². The zero-order valence-electron chi connectivity index (χ0n) is 12.3. The molecule has 1 aromatic rings. The van der Waals surface area contributed by atoms with E-state index in [2.05, 4.69) is 10.1 Å². The first-order valence-corrected chi connectivity index (χ1v) is 6.69. The maximum absolute atomic E-state index is 12.0. The van der Waals surface area contributed by atoms with Crippen LogP contribution in [0.15, 0.2) is 36.4 Å². The lowest BCUT2D eigenvalue weighted by molar-refractivity contribution is -0.274. The van der Waals surface area contributed by atoms with Crippen molar-refractivity contribution < 1.29 is 32.6 Å². The van der Waals surface area contributed by atoms with Crippen molar-refractivity contribution in [1.29, 1.82) is 0 Å². The summed E-state index contributed by atoms with van der Waals surface area (Å²) in [6.07, 6.45) is -1.49. The lowest BCUT2D eigenvalue weighted by Crippen LogP contribution is -2.41. The van der Waals surface area contributed by atoms with Gasteiger partial charge in [0.1, 0.15) is 11.8 Å². The summed E-state index contributed by atoms with van der Waals surface area (Å²) in [6, 6.07) is 3.74. The molecular weight excluding hydrogens is 315 g/mol. The number of nitrogens with one attached hydrogen (secondary N) is 1. The molecule has 0 fully saturated rings. The molecule has 126 valence electrons. The molecule has 1 unspecified atom stereocenters. The van der Waals surface area contributed by atoms with E-state index in [0.29, 0.717) is 5.56 Å². The Hall–Kier alpha value is -2.51. The highest BCUT2D eigenvalue weighted by Gasteiger charge is 2.31. The minimum absolute atomic E-state index is 0.147. The summed E-state index contributed by atoms with van der Waals surface area (Å²) in [5, 5.41) is 11.3. The minimum atomic E-state index is -4.78. The lowest BCUT2D eigenvalue weighted by atomic mass is 10.1. The van der Waals surface area contributed by atoms with Crippen molar-refractivity contribution in [3.05, 3.63) is 42.0 Å². The van der Waals surface area contributed by atoms with E-state index in [-0.39, 0.29) is 12.8 Å². The predicted octanol–water partition coefficient (Wildman–Crippen LogP) is 2.66. The number of rotatable bonds is 7. The number of benzene rings is 1. The molecule has 0 saturated heterocycles. The van der Waals surface area contributed by atoms with Crippen LogP contribution in [0.5, 0.6) is 5.75 Å². The van der Waals surface area contributed by atoms with Crippen molar-refractivity contribution in [3.63, 3.8) is 0 Å². The van der Waals surface area contributed by atoms with Gasteiger partial charge in [0.2, 0.25) is 5.91 Å². The van der Waals surface area contributed by atoms with E-state index >= 15 is 0 Å². The first-order chi connectivity index (χ1) is 10.7. The van der Waals surface area contributed by atoms with Crippen LogP contribution in [0.1, 0.15) is 18.9 Å². The van der Waals surface area contributed by atoms with Crippen LogP contribution in [0.4, 0.5) is 13.2 Å². The van der Waals surface area contributed by atoms with E-state index in [4.69, 9.17) is 5.11 Å². The molecule has 0 saturated carbocycles. The van der Waals surface area contributed by atoms with Gasteiger partial charge in [-0.1, -0.05) is 24.3 Å². The highest BCUT2D eigenvalue weighted by atomic mass is 19.4. The normalized spacial score (nSPS) is 12.9. The quantitative estimate of drug-likeness (QED) is 0.753. The number of carbonyl (C=O) groups excluding carboxylic acids is 1. The fourth-order valence-electron chi connectivity index (χ4n) is 1.73. The van der Waals surface area contributed by atoms with E-state index in [1.165, 1.54) is 12.1 Å². The van der Waals surface area contributed by atoms with Crippen LogP contribution in [0.25, 0.3) is 0 Å². The van der Waals surface area contributed by atoms with Crippen molar-refractivity contribution in [2.75, 3.05) is 0 Å². The maximum atomic E-state index is 12.0. The largest absolute Gasteiger partial charge is 0.573 e. The Kier molecular flexibility index (Phi) is 6.62. The molecule has 0 aliphatic carbocycles. The summed E-state index contributed by atoms with van der Waals surface area (Å²) < 4.78 is 39.8. The third-order valence-electron chi connectivity index (χ3n) is 2.76. The molecule has 0 bridgehead atoms. The Morgan fingerprint density at radius 1 is 1.30 bits per heavy atom. The number of carboxylic acids is 1. The van der Waals surface area contributed by atoms with E-state index in [0.717, 1.165) is 12.1 Å². The number of halogens is 3. The first kappa shape index (κ1) is 18.5. The summed E-state index contributed by atoms with van der Waals surface area (Å²) in [7, 11) is 0. The number of carbonyl (C=O) groups is 2. The van der Waals surface area contributed by atoms with Gasteiger partial charge in [0.15, 0.2) is 0 Å². The molecule has 0 heterocycles. The molecule has 23 heavy (non-hydrogen) atoms. The molecule has 5 nitrogen and oxygen atoms in total. The fraction of sp³-hybridized carbons (Fsp3) is 0.333. The highest BCUT2D eigenvalue weighted by molar-refractivity contribution is 5.84. The van der Waals surface area contributed by atoms with Crippen molar-refractivity contribution in [2.24, 2.45) is 0 Å². The van der Waals surface area contributed by atoms with Gasteiger partial charge in [-0.15, -0.1) is 13.2 Å². The van der Waals surface area contributed by atoms with Crippen molar-refractivity contribution in [3.8, 4) is 5.75 Å². The minimum Gasteiger partial charge on any atom is -0.480 e. The topological polar surface area (TPSA) is 75.6 Å². The monoisotopic (exact) mass is 331 g/mol. The van der Waals surface area contributed by atoms with Gasteiger partial charge in [-0.3, -0.25) is 4.79 Å². The number of alkyl halides is 3. The van der Waals surface area contributed by atoms with Crippen LogP contribution in [-0.2, 0) is 16.0 Å². The molecule has 0 aliphatic heterocycles. The Bertz CT molecular complexity index is 567. The number of aliphatic carboxylic acids is 1. The molecule has 0 spiro atoms. The van der Waals surface area contributed by atoms with E-state index in [1.807, 2.05) is 0 Å². The number of carboxylic acid groups (broad SMARTS) is 1. The SMILES string of the molecule is C/C=C/CC(NC(=O)Cc1ccc(OC(F)(F)F)cc1)C(=O)O. The van der Waals surface area contributed by atoms with Crippen LogP contribution in [0, 0.1) is 0 Å². The van der Waals surface area contributed by atoms with E-state index in [9.17, 15) is 22.8 Å². The van der Waals surface area contributed by atoms with Gasteiger partial charge in [-0.2, -0.15) is 0 Å². The number of allylic oxidation sites excluding steroid dienone is 1. The van der Waals surface area contributed by atoms with Crippen LogP contribution in [-0.4, -0.2) is 29.4 Å². The summed E-state index contributed by atoms with van der Waals surface area (Å²) in [4.78, 5) is 22.8. The van der Waals surface area contributed by atoms with Crippen LogP contribution >= 0.6 is 0 Å². The van der Waals surface area contributed by atoms with Crippen LogP contribution < -0.4 is 10.1 Å². The summed E-state index contributed by atoms with van der Waals surface area (Å²) >= 11 is 0. The van der Waals surface area contributed by atoms with Crippen molar-refractivity contribution in [1.82, 2.24) is 5.32 Å². The Morgan fingerprint density at radius 2 is 1.91 bits per heavy atom. The Morgan fingerprint density at radius 3 is 2.39 bits per heavy atom. The van der Waals surface area contributed by atoms with E-state index in [1.54, 1.807) is 19.1 Å². The van der Waals surface area contributed by atoms with Gasteiger partial charge in [0.25, 0.3) is 0 Å². The second kappa shape index (κ2) is 8.21. The van der Waals surface area contributed by atoms with Gasteiger partial charge in [-0.05, 0) is 31.0 Å². The number of amides is 1. The van der Waals surface area contributed by atoms with Crippen LogP contribution in [0.2, 0.25) is 0 Å². The molecule has 1 atom stereocenters. The molecule has 0 aliphatic rings. The third-order valence-corrected chi connectivity index (χ3v) is 2.76. The fourth-order valence-corrected chi connectivity index (χ4v) is 1.73. The molecule has 0 radical (unpaired) electrons. The van der Waals surface area contributed by atoms with Gasteiger partial charge >= 0.3 is 12.3 Å². The number of ether oxygens (including phenoxy) is 1. The van der Waals surface area contributed by atoms with Gasteiger partial charge in [0.05, 0.1) is 6.42 Å². The molecule has 1 rings (SSSR count). The molecule has 1 aromatic carbocycles. The summed E-state index contributed by atoms with van der Waals surface area (Å²) in [5.74, 6) is -2.09. The predicted molar refractivity (Wildman–Crippen MR) is 75.8 cm³/mol. The smallest absolute Gasteiger partial charge is 0.480 e. The number of hydrogen-bond donors (Lipinski definition) is 2. The summed E-state index contributed by atoms with van der Waals surface area (Å²) in [5.41, 5.74) is 0.437. The van der Waals surface area contributed by atoms with Crippen molar-refractivity contribution >= 4 is 11.9 Å². The first-order valence-electron chi connectivity index (χ1n) is 6.69. The van der Waals surface area contributed by atoms with Crippen LogP contribution in [0.3, 0.4) is 0 Å². The van der Waals surface area contributed by atoms with E-state index < -0.39 is 30.0 Å². The number of hydrogen-bond acceptors (Lipinski definition) is 3. The third kappa shape index (κ3) is 7.35. The highest BCUT2D eigenvalue weighted by Crippen LogP contribution is 2.22. The summed E-state index contributed by atoms with van der Waals surface area (Å²) in [6.45, 7) is 1.73. The average Bonchev–Trinajstić information content (AvgIpc) is 2.43. The molecular formula is C15H16F3NO4. The maximum Gasteiger partial charge on any atom is 0.573 e. The zero-order chi connectivity index (χ0) is 17.5. The molecule has 8 heteroatoms. The Labute approximate surface area is 130 Å². The van der Waals surface area contributed by atoms with Gasteiger partial charge in [-0.25, -0.2) is 4.79 Å². The second-order valence-electron chi connectivity index (χ2n) is 4.63. The second-order valence-corrected chi connectivity index (χ2v) is 4.63. The van der Waals surface area contributed by atoms with Crippen molar-refractivity contribution in [2.45, 2.75) is 32.2 Å². The molecule has 2 N–H and O–H groups in total.